The first kappa shape index (κ1) is 13.2. The molecule has 1 rings (SSSR count). The van der Waals surface area contributed by atoms with E-state index in [0.717, 1.165) is 4.47 Å². The summed E-state index contributed by atoms with van der Waals surface area (Å²) < 4.78 is 25.9. The van der Waals surface area contributed by atoms with Gasteiger partial charge in [0, 0.05) is 4.47 Å². The molecule has 0 radical (unpaired) electrons. The molecule has 1 aromatic rings. The van der Waals surface area contributed by atoms with Crippen LogP contribution in [0.4, 0.5) is 0 Å². The zero-order valence-corrected chi connectivity index (χ0v) is 11.0. The van der Waals surface area contributed by atoms with Gasteiger partial charge in [-0.15, -0.1) is 0 Å². The van der Waals surface area contributed by atoms with Crippen molar-refractivity contribution in [3.8, 4) is 6.07 Å². The number of nitrogens with one attached hydrogen (secondary N) is 1. The molecule has 16 heavy (non-hydrogen) atoms. The Bertz CT molecular complexity index is 491. The zero-order valence-electron chi connectivity index (χ0n) is 8.64. The molecule has 0 aliphatic carbocycles. The van der Waals surface area contributed by atoms with Gasteiger partial charge in [-0.25, -0.2) is 8.42 Å². The highest BCUT2D eigenvalue weighted by molar-refractivity contribution is 9.10. The third-order valence-corrected chi connectivity index (χ3v) is 3.89. The van der Waals surface area contributed by atoms with Crippen LogP contribution in [-0.4, -0.2) is 14.2 Å². The second kappa shape index (κ2) is 5.43. The summed E-state index contributed by atoms with van der Waals surface area (Å²) >= 11 is 3.27. The smallest absolute Gasteiger partial charge is 0.212 e. The van der Waals surface area contributed by atoms with E-state index in [1.807, 2.05) is 6.07 Å². The standard InChI is InChI=1S/C10H11BrN2O2S/c1-2-16(14,15)13-10(7-12)8-3-5-9(11)6-4-8/h3-6,10,13H,2H2,1H3. The second-order valence-corrected chi connectivity index (χ2v) is 6.09. The molecule has 1 atom stereocenters. The highest BCUT2D eigenvalue weighted by Crippen LogP contribution is 2.17. The SMILES string of the molecule is CCS(=O)(=O)NC(C#N)c1ccc(Br)cc1. The van der Waals surface area contributed by atoms with E-state index >= 15 is 0 Å². The number of halogens is 1. The molecule has 0 aliphatic rings. The van der Waals surface area contributed by atoms with Gasteiger partial charge in [0.2, 0.25) is 10.0 Å². The minimum absolute atomic E-state index is 0.0400. The molecule has 1 aromatic carbocycles. The Morgan fingerprint density at radius 2 is 2.00 bits per heavy atom. The van der Waals surface area contributed by atoms with Gasteiger partial charge >= 0.3 is 0 Å². The van der Waals surface area contributed by atoms with Crippen LogP contribution in [0.15, 0.2) is 28.7 Å². The fourth-order valence-electron chi connectivity index (χ4n) is 1.09. The van der Waals surface area contributed by atoms with Gasteiger partial charge in [-0.2, -0.15) is 9.98 Å². The molecular formula is C10H11BrN2O2S. The Hall–Kier alpha value is -0.900. The van der Waals surface area contributed by atoms with Gasteiger partial charge in [0.25, 0.3) is 0 Å². The molecule has 1 unspecified atom stereocenters. The fraction of sp³-hybridized carbons (Fsp3) is 0.300. The van der Waals surface area contributed by atoms with Crippen molar-refractivity contribution < 1.29 is 8.42 Å². The lowest BCUT2D eigenvalue weighted by molar-refractivity contribution is 0.577. The minimum atomic E-state index is -3.37. The number of sulfonamides is 1. The average Bonchev–Trinajstić information content (AvgIpc) is 2.27. The molecule has 0 fully saturated rings. The zero-order chi connectivity index (χ0) is 12.2. The molecule has 0 bridgehead atoms. The van der Waals surface area contributed by atoms with Gasteiger partial charge in [-0.1, -0.05) is 28.1 Å². The van der Waals surface area contributed by atoms with Crippen LogP contribution in [0, 0.1) is 11.3 Å². The van der Waals surface area contributed by atoms with Crippen LogP contribution < -0.4 is 4.72 Å². The van der Waals surface area contributed by atoms with Crippen LogP contribution in [-0.2, 0) is 10.0 Å². The van der Waals surface area contributed by atoms with Gasteiger partial charge < -0.3 is 0 Å². The molecule has 0 heterocycles. The van der Waals surface area contributed by atoms with E-state index in [9.17, 15) is 8.42 Å². The van der Waals surface area contributed by atoms with Crippen LogP contribution >= 0.6 is 15.9 Å². The highest BCUT2D eigenvalue weighted by atomic mass is 79.9. The van der Waals surface area contributed by atoms with Crippen LogP contribution in [0.5, 0.6) is 0 Å². The van der Waals surface area contributed by atoms with E-state index in [-0.39, 0.29) is 5.75 Å². The summed E-state index contributed by atoms with van der Waals surface area (Å²) in [5, 5.41) is 8.92. The molecule has 86 valence electrons. The topological polar surface area (TPSA) is 70.0 Å². The Kier molecular flexibility index (Phi) is 4.47. The molecule has 1 N–H and O–H groups in total. The lowest BCUT2D eigenvalue weighted by Gasteiger charge is -2.11. The molecule has 0 aliphatic heterocycles. The van der Waals surface area contributed by atoms with Gasteiger partial charge in [-0.3, -0.25) is 0 Å². The molecule has 0 saturated carbocycles. The first-order valence-electron chi connectivity index (χ1n) is 4.63. The lowest BCUT2D eigenvalue weighted by atomic mass is 10.1. The monoisotopic (exact) mass is 302 g/mol. The number of rotatable bonds is 4. The minimum Gasteiger partial charge on any atom is -0.212 e. The summed E-state index contributed by atoms with van der Waals surface area (Å²) in [5.41, 5.74) is 0.628. The van der Waals surface area contributed by atoms with Crippen LogP contribution in [0.3, 0.4) is 0 Å². The largest absolute Gasteiger partial charge is 0.212 e. The molecule has 0 saturated heterocycles. The predicted molar refractivity (Wildman–Crippen MR) is 65.1 cm³/mol. The molecule has 0 amide bonds. The number of benzene rings is 1. The van der Waals surface area contributed by atoms with Crippen molar-refractivity contribution in [1.29, 1.82) is 5.26 Å². The Morgan fingerprint density at radius 3 is 2.44 bits per heavy atom. The van der Waals surface area contributed by atoms with Crippen LogP contribution in [0.2, 0.25) is 0 Å². The molecule has 0 spiro atoms. The first-order chi connectivity index (χ1) is 7.48. The summed E-state index contributed by atoms with van der Waals surface area (Å²) in [4.78, 5) is 0. The normalized spacial score (nSPS) is 13.1. The van der Waals surface area contributed by atoms with Crippen molar-refractivity contribution in [1.82, 2.24) is 4.72 Å². The maximum absolute atomic E-state index is 11.3. The molecule has 6 heteroatoms. The average molecular weight is 303 g/mol. The maximum atomic E-state index is 11.3. The molecule has 0 aromatic heterocycles. The van der Waals surface area contributed by atoms with Gasteiger partial charge in [0.05, 0.1) is 11.8 Å². The summed E-state index contributed by atoms with van der Waals surface area (Å²) in [7, 11) is -3.37. The van der Waals surface area contributed by atoms with Crippen molar-refractivity contribution in [2.75, 3.05) is 5.75 Å². The van der Waals surface area contributed by atoms with E-state index < -0.39 is 16.1 Å². The summed E-state index contributed by atoms with van der Waals surface area (Å²) in [6.07, 6.45) is 0. The summed E-state index contributed by atoms with van der Waals surface area (Å²) in [5.74, 6) is -0.0400. The highest BCUT2D eigenvalue weighted by Gasteiger charge is 2.17. The fourth-order valence-corrected chi connectivity index (χ4v) is 2.07. The van der Waals surface area contributed by atoms with E-state index in [1.165, 1.54) is 6.92 Å². The van der Waals surface area contributed by atoms with E-state index in [1.54, 1.807) is 24.3 Å². The third kappa shape index (κ3) is 3.59. The maximum Gasteiger partial charge on any atom is 0.212 e. The number of nitriles is 1. The van der Waals surface area contributed by atoms with Gasteiger partial charge in [0.1, 0.15) is 6.04 Å². The third-order valence-electron chi connectivity index (χ3n) is 2.01. The predicted octanol–water partition coefficient (Wildman–Crippen LogP) is 1.95. The Labute approximate surface area is 103 Å². The summed E-state index contributed by atoms with van der Waals surface area (Å²) in [6.45, 7) is 1.53. The van der Waals surface area contributed by atoms with Crippen molar-refractivity contribution in [3.63, 3.8) is 0 Å². The van der Waals surface area contributed by atoms with Crippen molar-refractivity contribution in [2.45, 2.75) is 13.0 Å². The number of nitrogens with zero attached hydrogens (tertiary/aromatic N) is 1. The Balaban J connectivity index is 2.93. The first-order valence-corrected chi connectivity index (χ1v) is 7.08. The van der Waals surface area contributed by atoms with Crippen LogP contribution in [0.25, 0.3) is 0 Å². The molecule has 4 nitrogen and oxygen atoms in total. The quantitative estimate of drug-likeness (QED) is 0.924. The van der Waals surface area contributed by atoms with E-state index in [0.29, 0.717) is 5.56 Å². The van der Waals surface area contributed by atoms with Gasteiger partial charge in [0.15, 0.2) is 0 Å². The van der Waals surface area contributed by atoms with Crippen LogP contribution in [0.1, 0.15) is 18.5 Å². The van der Waals surface area contributed by atoms with E-state index in [2.05, 4.69) is 20.7 Å². The van der Waals surface area contributed by atoms with Crippen molar-refractivity contribution in [3.05, 3.63) is 34.3 Å². The van der Waals surface area contributed by atoms with Gasteiger partial charge in [-0.05, 0) is 24.6 Å². The summed E-state index contributed by atoms with van der Waals surface area (Å²) in [6, 6.07) is 8.02. The van der Waals surface area contributed by atoms with Crippen molar-refractivity contribution >= 4 is 26.0 Å². The van der Waals surface area contributed by atoms with Crippen molar-refractivity contribution in [2.24, 2.45) is 0 Å². The number of hydrogen-bond donors (Lipinski definition) is 1. The molecular weight excluding hydrogens is 292 g/mol. The second-order valence-electron chi connectivity index (χ2n) is 3.13. The van der Waals surface area contributed by atoms with E-state index in [4.69, 9.17) is 5.26 Å². The Morgan fingerprint density at radius 1 is 1.44 bits per heavy atom. The number of hydrogen-bond acceptors (Lipinski definition) is 3. The lowest BCUT2D eigenvalue weighted by Crippen LogP contribution is -2.29.